The maximum absolute atomic E-state index is 10.9. The van der Waals surface area contributed by atoms with Gasteiger partial charge in [-0.1, -0.05) is 13.8 Å². The van der Waals surface area contributed by atoms with Gasteiger partial charge in [0.05, 0.1) is 12.0 Å². The number of hydrogen-bond acceptors (Lipinski definition) is 5. The summed E-state index contributed by atoms with van der Waals surface area (Å²) in [6, 6.07) is 5.25. The van der Waals surface area contributed by atoms with Crippen molar-refractivity contribution < 1.29 is 9.66 Å². The maximum Gasteiger partial charge on any atom is 0.311 e. The van der Waals surface area contributed by atoms with Crippen LogP contribution >= 0.6 is 0 Å². The third kappa shape index (κ3) is 3.64. The van der Waals surface area contributed by atoms with E-state index in [0.717, 1.165) is 18.8 Å². The molecule has 2 N–H and O–H groups in total. The molecular formula is C15H23N3O3. The Labute approximate surface area is 125 Å². The van der Waals surface area contributed by atoms with Gasteiger partial charge in [0.15, 0.2) is 5.75 Å². The van der Waals surface area contributed by atoms with Crippen LogP contribution in [0.1, 0.15) is 26.7 Å². The number of ether oxygens (including phenoxy) is 1. The summed E-state index contributed by atoms with van der Waals surface area (Å²) in [6.45, 7) is 6.36. The summed E-state index contributed by atoms with van der Waals surface area (Å²) < 4.78 is 5.08. The molecule has 6 nitrogen and oxygen atoms in total. The minimum absolute atomic E-state index is 0.0147. The summed E-state index contributed by atoms with van der Waals surface area (Å²) in [5.41, 5.74) is 1.07. The van der Waals surface area contributed by atoms with Crippen LogP contribution in [0.25, 0.3) is 0 Å². The van der Waals surface area contributed by atoms with Gasteiger partial charge in [-0.3, -0.25) is 10.1 Å². The molecule has 1 heterocycles. The van der Waals surface area contributed by atoms with Crippen LogP contribution in [0, 0.1) is 15.5 Å². The Bertz CT molecular complexity index is 517. The van der Waals surface area contributed by atoms with E-state index in [0.29, 0.717) is 6.04 Å². The van der Waals surface area contributed by atoms with Gasteiger partial charge in [-0.15, -0.1) is 0 Å². The van der Waals surface area contributed by atoms with E-state index in [1.54, 1.807) is 12.1 Å². The van der Waals surface area contributed by atoms with Crippen molar-refractivity contribution in [1.29, 1.82) is 0 Å². The van der Waals surface area contributed by atoms with Gasteiger partial charge in [-0.25, -0.2) is 0 Å². The fraction of sp³-hybridized carbons (Fsp3) is 0.600. The van der Waals surface area contributed by atoms with Gasteiger partial charge in [0, 0.05) is 30.4 Å². The number of anilines is 1. The quantitative estimate of drug-likeness (QED) is 0.645. The molecule has 0 amide bonds. The third-order valence-corrected chi connectivity index (χ3v) is 4.22. The van der Waals surface area contributed by atoms with Gasteiger partial charge in [-0.05, 0) is 30.9 Å². The molecule has 1 saturated heterocycles. The van der Waals surface area contributed by atoms with E-state index in [-0.39, 0.29) is 16.9 Å². The molecule has 0 aromatic heterocycles. The SMILES string of the molecule is COc1cc(NCC2NCCCC2(C)C)ccc1[N+](=O)[O-]. The van der Waals surface area contributed by atoms with Crippen molar-refractivity contribution in [2.75, 3.05) is 25.5 Å². The van der Waals surface area contributed by atoms with Crippen LogP contribution in [0.2, 0.25) is 0 Å². The van der Waals surface area contributed by atoms with Gasteiger partial charge in [0.1, 0.15) is 0 Å². The third-order valence-electron chi connectivity index (χ3n) is 4.22. The van der Waals surface area contributed by atoms with Gasteiger partial charge in [0.2, 0.25) is 0 Å². The maximum atomic E-state index is 10.9. The highest BCUT2D eigenvalue weighted by Gasteiger charge is 2.31. The zero-order valence-electron chi connectivity index (χ0n) is 12.8. The average molecular weight is 293 g/mol. The van der Waals surface area contributed by atoms with E-state index >= 15 is 0 Å². The monoisotopic (exact) mass is 293 g/mol. The molecule has 1 atom stereocenters. The number of benzene rings is 1. The number of nitrogens with zero attached hydrogens (tertiary/aromatic N) is 1. The molecule has 1 aromatic carbocycles. The van der Waals surface area contributed by atoms with Gasteiger partial charge in [0.25, 0.3) is 0 Å². The number of hydrogen-bond donors (Lipinski definition) is 2. The predicted molar refractivity (Wildman–Crippen MR) is 82.9 cm³/mol. The first-order valence-corrected chi connectivity index (χ1v) is 7.24. The molecule has 1 aliphatic rings. The first kappa shape index (κ1) is 15.6. The molecule has 1 aromatic rings. The Balaban J connectivity index is 2.05. The van der Waals surface area contributed by atoms with Crippen LogP contribution in [-0.4, -0.2) is 31.2 Å². The second-order valence-electron chi connectivity index (χ2n) is 6.12. The molecule has 1 fully saturated rings. The molecule has 1 unspecified atom stereocenters. The molecule has 1 aliphatic heterocycles. The van der Waals surface area contributed by atoms with Crippen LogP contribution in [-0.2, 0) is 0 Å². The van der Waals surface area contributed by atoms with Gasteiger partial charge < -0.3 is 15.4 Å². The molecular weight excluding hydrogens is 270 g/mol. The van der Waals surface area contributed by atoms with E-state index in [2.05, 4.69) is 24.5 Å². The number of piperidine rings is 1. The number of nitro groups is 1. The van der Waals surface area contributed by atoms with Crippen molar-refractivity contribution >= 4 is 11.4 Å². The summed E-state index contributed by atoms with van der Waals surface area (Å²) in [5, 5.41) is 17.8. The van der Waals surface area contributed by atoms with E-state index in [1.165, 1.54) is 26.0 Å². The molecule has 0 radical (unpaired) electrons. The largest absolute Gasteiger partial charge is 0.490 e. The van der Waals surface area contributed by atoms with Crippen molar-refractivity contribution in [3.63, 3.8) is 0 Å². The van der Waals surface area contributed by atoms with Crippen molar-refractivity contribution in [2.45, 2.75) is 32.7 Å². The lowest BCUT2D eigenvalue weighted by Crippen LogP contribution is -2.50. The Kier molecular flexibility index (Phi) is 4.67. The first-order chi connectivity index (χ1) is 9.94. The molecule has 6 heteroatoms. The lowest BCUT2D eigenvalue weighted by molar-refractivity contribution is -0.385. The van der Waals surface area contributed by atoms with E-state index in [4.69, 9.17) is 4.74 Å². The fourth-order valence-corrected chi connectivity index (χ4v) is 2.78. The fourth-order valence-electron chi connectivity index (χ4n) is 2.78. The predicted octanol–water partition coefficient (Wildman–Crippen LogP) is 2.79. The topological polar surface area (TPSA) is 76.4 Å². The molecule has 2 rings (SSSR count). The summed E-state index contributed by atoms with van der Waals surface area (Å²) in [4.78, 5) is 10.4. The molecule has 0 aliphatic carbocycles. The summed E-state index contributed by atoms with van der Waals surface area (Å²) in [6.07, 6.45) is 2.41. The number of rotatable bonds is 5. The first-order valence-electron chi connectivity index (χ1n) is 7.24. The average Bonchev–Trinajstić information content (AvgIpc) is 2.45. The van der Waals surface area contributed by atoms with E-state index in [1.807, 2.05) is 0 Å². The Hall–Kier alpha value is -1.82. The molecule has 116 valence electrons. The Morgan fingerprint density at radius 3 is 2.90 bits per heavy atom. The van der Waals surface area contributed by atoms with Crippen molar-refractivity contribution in [3.8, 4) is 5.75 Å². The lowest BCUT2D eigenvalue weighted by Gasteiger charge is -2.39. The van der Waals surface area contributed by atoms with Crippen molar-refractivity contribution in [1.82, 2.24) is 5.32 Å². The standard InChI is InChI=1S/C15H23N3O3/c1-15(2)7-4-8-16-14(15)10-17-11-5-6-12(18(19)20)13(9-11)21-3/h5-6,9,14,16-17H,4,7-8,10H2,1-3H3. The van der Waals surface area contributed by atoms with Crippen LogP contribution < -0.4 is 15.4 Å². The summed E-state index contributed by atoms with van der Waals surface area (Å²) in [7, 11) is 1.44. The number of nitro benzene ring substituents is 1. The zero-order chi connectivity index (χ0) is 15.5. The van der Waals surface area contributed by atoms with Crippen LogP contribution in [0.3, 0.4) is 0 Å². The summed E-state index contributed by atoms with van der Waals surface area (Å²) in [5.74, 6) is 0.279. The minimum atomic E-state index is -0.436. The number of methoxy groups -OCH3 is 1. The Morgan fingerprint density at radius 1 is 1.52 bits per heavy atom. The van der Waals surface area contributed by atoms with Crippen molar-refractivity contribution in [3.05, 3.63) is 28.3 Å². The normalized spacial score (nSPS) is 20.8. The van der Waals surface area contributed by atoms with E-state index < -0.39 is 4.92 Å². The van der Waals surface area contributed by atoms with Crippen LogP contribution in [0.5, 0.6) is 5.75 Å². The van der Waals surface area contributed by atoms with E-state index in [9.17, 15) is 10.1 Å². The second-order valence-corrected chi connectivity index (χ2v) is 6.12. The number of nitrogens with one attached hydrogen (secondary N) is 2. The molecule has 21 heavy (non-hydrogen) atoms. The van der Waals surface area contributed by atoms with Crippen LogP contribution in [0.4, 0.5) is 11.4 Å². The van der Waals surface area contributed by atoms with Crippen molar-refractivity contribution in [2.24, 2.45) is 5.41 Å². The summed E-state index contributed by atoms with van der Waals surface area (Å²) >= 11 is 0. The molecule has 0 saturated carbocycles. The van der Waals surface area contributed by atoms with Gasteiger partial charge >= 0.3 is 5.69 Å². The van der Waals surface area contributed by atoms with Gasteiger partial charge in [-0.2, -0.15) is 0 Å². The highest BCUT2D eigenvalue weighted by atomic mass is 16.6. The van der Waals surface area contributed by atoms with Crippen LogP contribution in [0.15, 0.2) is 18.2 Å². The highest BCUT2D eigenvalue weighted by Crippen LogP contribution is 2.32. The highest BCUT2D eigenvalue weighted by molar-refractivity contribution is 5.58. The lowest BCUT2D eigenvalue weighted by atomic mass is 9.77. The minimum Gasteiger partial charge on any atom is -0.490 e. The molecule has 0 spiro atoms. The zero-order valence-corrected chi connectivity index (χ0v) is 12.8. The smallest absolute Gasteiger partial charge is 0.311 e. The molecule has 0 bridgehead atoms. The Morgan fingerprint density at radius 2 is 2.29 bits per heavy atom. The second kappa shape index (κ2) is 6.30.